The molecule has 0 radical (unpaired) electrons. The van der Waals surface area contributed by atoms with E-state index in [4.69, 9.17) is 11.6 Å². The molecule has 1 aliphatic rings. The van der Waals surface area contributed by atoms with E-state index in [1.54, 1.807) is 47.0 Å². The molecule has 1 aliphatic heterocycles. The van der Waals surface area contributed by atoms with E-state index >= 15 is 0 Å². The highest BCUT2D eigenvalue weighted by Crippen LogP contribution is 2.48. The van der Waals surface area contributed by atoms with Gasteiger partial charge in [-0.2, -0.15) is 0 Å². The molecular weight excluding hydrogens is 396 g/mol. The van der Waals surface area contributed by atoms with Crippen molar-refractivity contribution in [3.63, 3.8) is 0 Å². The molecule has 3 aromatic rings. The molecule has 0 saturated heterocycles. The minimum absolute atomic E-state index is 0.0513. The third-order valence-electron chi connectivity index (χ3n) is 4.25. The van der Waals surface area contributed by atoms with Crippen LogP contribution < -0.4 is 4.90 Å². The molecule has 7 heteroatoms. The van der Waals surface area contributed by atoms with Gasteiger partial charge >= 0.3 is 0 Å². The Balaban J connectivity index is 1.76. The molecule has 0 bridgehead atoms. The third kappa shape index (κ3) is 3.40. The molecule has 0 unspecified atom stereocenters. The third-order valence-corrected chi connectivity index (χ3v) is 5.61. The first kappa shape index (κ1) is 18.3. The average molecular weight is 409 g/mol. The Morgan fingerprint density at radius 2 is 1.71 bits per heavy atom. The molecule has 0 aliphatic carbocycles. The van der Waals surface area contributed by atoms with E-state index in [0.717, 1.165) is 15.5 Å². The summed E-state index contributed by atoms with van der Waals surface area (Å²) in [6, 6.07) is 19.3. The van der Waals surface area contributed by atoms with E-state index < -0.39 is 4.92 Å². The van der Waals surface area contributed by atoms with E-state index in [0.29, 0.717) is 16.3 Å². The minimum atomic E-state index is -0.466. The number of halogens is 1. The largest absolute Gasteiger partial charge is 0.276 e. The number of hydrogen-bond donors (Lipinski definition) is 0. The van der Waals surface area contributed by atoms with Crippen LogP contribution in [0.15, 0.2) is 82.6 Å². The summed E-state index contributed by atoms with van der Waals surface area (Å²) < 4.78 is 0. The van der Waals surface area contributed by atoms with Crippen molar-refractivity contribution in [2.24, 2.45) is 0 Å². The van der Waals surface area contributed by atoms with Crippen LogP contribution >= 0.6 is 23.4 Å². The fraction of sp³-hybridized carbons (Fsp3) is 0. The van der Waals surface area contributed by atoms with Crippen LogP contribution in [0.1, 0.15) is 5.56 Å². The van der Waals surface area contributed by atoms with E-state index in [9.17, 15) is 14.9 Å². The maximum Gasteiger partial charge on any atom is 0.276 e. The Hall–Kier alpha value is -3.09. The fourth-order valence-electron chi connectivity index (χ4n) is 3.00. The Morgan fingerprint density at radius 3 is 2.54 bits per heavy atom. The molecule has 138 valence electrons. The second kappa shape index (κ2) is 7.50. The highest BCUT2D eigenvalue weighted by Gasteiger charge is 2.27. The lowest BCUT2D eigenvalue weighted by molar-refractivity contribution is -0.385. The number of fused-ring (bicyclic) bond motifs is 2. The topological polar surface area (TPSA) is 63.4 Å². The number of nitrogens with zero attached hydrogens (tertiary/aromatic N) is 2. The van der Waals surface area contributed by atoms with E-state index in [1.165, 1.54) is 18.2 Å². The Morgan fingerprint density at radius 1 is 1.00 bits per heavy atom. The summed E-state index contributed by atoms with van der Waals surface area (Å²) in [4.78, 5) is 27.3. The van der Waals surface area contributed by atoms with Gasteiger partial charge in [0, 0.05) is 27.0 Å². The molecule has 3 aromatic carbocycles. The fourth-order valence-corrected chi connectivity index (χ4v) is 4.20. The normalized spacial score (nSPS) is 12.5. The molecule has 1 amide bonds. The number of nitro groups is 1. The number of carbonyl (C=O) groups is 1. The van der Waals surface area contributed by atoms with Gasteiger partial charge in [-0.1, -0.05) is 47.6 Å². The van der Waals surface area contributed by atoms with Crippen LogP contribution in [0.5, 0.6) is 0 Å². The molecule has 0 aromatic heterocycles. The van der Waals surface area contributed by atoms with Crippen LogP contribution in [0.25, 0.3) is 6.08 Å². The van der Waals surface area contributed by atoms with Gasteiger partial charge in [0.25, 0.3) is 11.6 Å². The van der Waals surface area contributed by atoms with Crippen molar-refractivity contribution in [2.75, 3.05) is 4.90 Å². The molecule has 0 spiro atoms. The highest BCUT2D eigenvalue weighted by molar-refractivity contribution is 7.99. The predicted octanol–water partition coefficient (Wildman–Crippen LogP) is 6.09. The second-order valence-electron chi connectivity index (χ2n) is 6.00. The lowest BCUT2D eigenvalue weighted by atomic mass is 10.1. The van der Waals surface area contributed by atoms with Crippen LogP contribution in [0, 0.1) is 10.1 Å². The lowest BCUT2D eigenvalue weighted by Crippen LogP contribution is -2.26. The SMILES string of the molecule is O=C(/C=C/c1ccccc1[N+](=O)[O-])N1c2ccccc2Sc2ccc(Cl)cc21. The van der Waals surface area contributed by atoms with Crippen molar-refractivity contribution < 1.29 is 9.72 Å². The van der Waals surface area contributed by atoms with Gasteiger partial charge in [0.2, 0.25) is 0 Å². The zero-order valence-electron chi connectivity index (χ0n) is 14.4. The monoisotopic (exact) mass is 408 g/mol. The summed E-state index contributed by atoms with van der Waals surface area (Å²) in [5.41, 5.74) is 1.75. The average Bonchev–Trinajstić information content (AvgIpc) is 2.70. The van der Waals surface area contributed by atoms with Gasteiger partial charge in [0.1, 0.15) is 0 Å². The molecule has 28 heavy (non-hydrogen) atoms. The van der Waals surface area contributed by atoms with Crippen LogP contribution in [0.2, 0.25) is 5.02 Å². The summed E-state index contributed by atoms with van der Waals surface area (Å²) in [6.07, 6.45) is 2.81. The molecule has 0 N–H and O–H groups in total. The number of amides is 1. The molecular formula is C21H13ClN2O3S. The number of hydrogen-bond acceptors (Lipinski definition) is 4. The maximum absolute atomic E-state index is 13.1. The number of benzene rings is 3. The number of anilines is 2. The summed E-state index contributed by atoms with van der Waals surface area (Å²) in [7, 11) is 0. The minimum Gasteiger partial charge on any atom is -0.275 e. The van der Waals surface area contributed by atoms with E-state index in [2.05, 4.69) is 0 Å². The van der Waals surface area contributed by atoms with Crippen LogP contribution in [-0.4, -0.2) is 10.8 Å². The zero-order chi connectivity index (χ0) is 19.7. The molecule has 4 rings (SSSR count). The predicted molar refractivity (Wildman–Crippen MR) is 111 cm³/mol. The van der Waals surface area contributed by atoms with Crippen LogP contribution in [0.3, 0.4) is 0 Å². The summed E-state index contributed by atoms with van der Waals surface area (Å²) in [5.74, 6) is -0.311. The number of carbonyl (C=O) groups excluding carboxylic acids is 1. The van der Waals surface area contributed by atoms with Gasteiger partial charge in [-0.3, -0.25) is 19.8 Å². The van der Waals surface area contributed by atoms with Gasteiger partial charge < -0.3 is 0 Å². The van der Waals surface area contributed by atoms with Gasteiger partial charge in [-0.05, 0) is 42.5 Å². The van der Waals surface area contributed by atoms with Crippen molar-refractivity contribution in [3.8, 4) is 0 Å². The Kier molecular flexibility index (Phi) is 4.90. The van der Waals surface area contributed by atoms with Gasteiger partial charge in [0.05, 0.1) is 21.9 Å². The van der Waals surface area contributed by atoms with Crippen molar-refractivity contribution in [3.05, 3.63) is 93.5 Å². The molecule has 0 saturated carbocycles. The molecule has 0 fully saturated rings. The number of para-hydroxylation sites is 2. The molecule has 0 atom stereocenters. The Bertz CT molecular complexity index is 1130. The number of rotatable bonds is 3. The van der Waals surface area contributed by atoms with Crippen LogP contribution in [-0.2, 0) is 4.79 Å². The smallest absolute Gasteiger partial charge is 0.275 e. The first-order valence-corrected chi connectivity index (χ1v) is 9.56. The standard InChI is InChI=1S/C21H13ClN2O3S/c22-15-10-11-20-18(13-15)23(17-7-3-4-8-19(17)28-20)21(25)12-9-14-5-1-2-6-16(14)24(26)27/h1-13H/b12-9+. The summed E-state index contributed by atoms with van der Waals surface area (Å²) in [5, 5.41) is 11.7. The highest BCUT2D eigenvalue weighted by atomic mass is 35.5. The maximum atomic E-state index is 13.1. The van der Waals surface area contributed by atoms with Crippen molar-refractivity contribution in [1.29, 1.82) is 0 Å². The van der Waals surface area contributed by atoms with Gasteiger partial charge in [0.15, 0.2) is 0 Å². The van der Waals surface area contributed by atoms with E-state index in [-0.39, 0.29) is 11.6 Å². The lowest BCUT2D eigenvalue weighted by Gasteiger charge is -2.30. The molecule has 1 heterocycles. The van der Waals surface area contributed by atoms with Gasteiger partial charge in [-0.15, -0.1) is 0 Å². The Labute approximate surface area is 170 Å². The summed E-state index contributed by atoms with van der Waals surface area (Å²) in [6.45, 7) is 0. The van der Waals surface area contributed by atoms with Crippen LogP contribution in [0.4, 0.5) is 17.1 Å². The van der Waals surface area contributed by atoms with Crippen molar-refractivity contribution >= 4 is 52.4 Å². The van der Waals surface area contributed by atoms with Gasteiger partial charge in [-0.25, -0.2) is 0 Å². The zero-order valence-corrected chi connectivity index (χ0v) is 16.0. The summed E-state index contributed by atoms with van der Waals surface area (Å²) >= 11 is 7.73. The quantitative estimate of drug-likeness (QED) is 0.299. The molecule has 5 nitrogen and oxygen atoms in total. The van der Waals surface area contributed by atoms with Crippen molar-refractivity contribution in [1.82, 2.24) is 0 Å². The first-order chi connectivity index (χ1) is 13.5. The first-order valence-electron chi connectivity index (χ1n) is 8.36. The second-order valence-corrected chi connectivity index (χ2v) is 7.52. The number of nitro benzene ring substituents is 1. The van der Waals surface area contributed by atoms with Crippen molar-refractivity contribution in [2.45, 2.75) is 9.79 Å². The van der Waals surface area contributed by atoms with E-state index in [1.807, 2.05) is 30.3 Å².